The summed E-state index contributed by atoms with van der Waals surface area (Å²) in [6, 6.07) is 1.73. The second-order valence-corrected chi connectivity index (χ2v) is 5.11. The third kappa shape index (κ3) is 2.34. The molecule has 0 saturated carbocycles. The molecule has 0 spiro atoms. The summed E-state index contributed by atoms with van der Waals surface area (Å²) >= 11 is 1.64. The van der Waals surface area contributed by atoms with Crippen LogP contribution in [0.4, 0.5) is 5.82 Å². The van der Waals surface area contributed by atoms with E-state index in [0.717, 1.165) is 11.6 Å². The molecule has 3 aromatic rings. The van der Waals surface area contributed by atoms with E-state index in [-0.39, 0.29) is 5.69 Å². The quantitative estimate of drug-likeness (QED) is 0.744. The molecular formula is C11H12N6OS. The Morgan fingerprint density at radius 2 is 2.42 bits per heavy atom. The van der Waals surface area contributed by atoms with E-state index in [0.29, 0.717) is 17.4 Å². The summed E-state index contributed by atoms with van der Waals surface area (Å²) in [6.07, 6.45) is 3.26. The highest BCUT2D eigenvalue weighted by atomic mass is 32.1. The fourth-order valence-corrected chi connectivity index (χ4v) is 2.43. The molecule has 2 N–H and O–H groups in total. The summed E-state index contributed by atoms with van der Waals surface area (Å²) in [6.45, 7) is 2.83. The van der Waals surface area contributed by atoms with Crippen molar-refractivity contribution in [1.29, 1.82) is 0 Å². The lowest BCUT2D eigenvalue weighted by molar-refractivity contribution is 0.791. The summed E-state index contributed by atoms with van der Waals surface area (Å²) in [5.74, 6) is 0.995. The van der Waals surface area contributed by atoms with Crippen molar-refractivity contribution in [3.05, 3.63) is 39.5 Å². The molecule has 0 bridgehead atoms. The molecule has 8 heteroatoms. The van der Waals surface area contributed by atoms with E-state index in [1.165, 1.54) is 10.7 Å². The van der Waals surface area contributed by atoms with Crippen molar-refractivity contribution >= 4 is 22.8 Å². The maximum absolute atomic E-state index is 11.3. The van der Waals surface area contributed by atoms with Crippen molar-refractivity contribution < 1.29 is 0 Å². The van der Waals surface area contributed by atoms with Crippen LogP contribution in [0.2, 0.25) is 0 Å². The predicted molar refractivity (Wildman–Crippen MR) is 72.6 cm³/mol. The van der Waals surface area contributed by atoms with E-state index in [1.807, 2.05) is 5.38 Å². The summed E-state index contributed by atoms with van der Waals surface area (Å²) in [5.41, 5.74) is 0.259. The second kappa shape index (κ2) is 4.81. The fraction of sp³-hybridized carbons (Fsp3) is 0.273. The zero-order valence-electron chi connectivity index (χ0n) is 10.2. The van der Waals surface area contributed by atoms with Crippen molar-refractivity contribution in [3.63, 3.8) is 0 Å². The van der Waals surface area contributed by atoms with Crippen LogP contribution in [0, 0.1) is 0 Å². The Bertz CT molecular complexity index is 731. The van der Waals surface area contributed by atoms with E-state index in [1.54, 1.807) is 23.6 Å². The molecule has 1 atom stereocenters. The number of hydrogen-bond donors (Lipinski definition) is 2. The molecule has 7 nitrogen and oxygen atoms in total. The van der Waals surface area contributed by atoms with Gasteiger partial charge in [0.05, 0.1) is 5.01 Å². The van der Waals surface area contributed by atoms with Gasteiger partial charge >= 0.3 is 5.69 Å². The van der Waals surface area contributed by atoms with Crippen molar-refractivity contribution in [1.82, 2.24) is 24.6 Å². The lowest BCUT2D eigenvalue weighted by atomic mass is 10.2. The van der Waals surface area contributed by atoms with Crippen LogP contribution in [0.1, 0.15) is 17.8 Å². The zero-order chi connectivity index (χ0) is 13.2. The Morgan fingerprint density at radius 3 is 3.21 bits per heavy atom. The number of aromatic amines is 1. The zero-order valence-corrected chi connectivity index (χ0v) is 11.0. The summed E-state index contributed by atoms with van der Waals surface area (Å²) in [4.78, 5) is 19.7. The van der Waals surface area contributed by atoms with Gasteiger partial charge in [0.25, 0.3) is 0 Å². The number of thiazole rings is 1. The van der Waals surface area contributed by atoms with Crippen LogP contribution >= 0.6 is 11.3 Å². The molecule has 0 saturated heterocycles. The van der Waals surface area contributed by atoms with E-state index in [9.17, 15) is 4.79 Å². The Morgan fingerprint density at radius 1 is 1.53 bits per heavy atom. The summed E-state index contributed by atoms with van der Waals surface area (Å²) in [5, 5.41) is 12.5. The van der Waals surface area contributed by atoms with E-state index in [2.05, 4.69) is 32.4 Å². The average molecular weight is 276 g/mol. The van der Waals surface area contributed by atoms with Gasteiger partial charge in [-0.2, -0.15) is 5.10 Å². The number of rotatable bonds is 4. The molecule has 3 rings (SSSR count). The van der Waals surface area contributed by atoms with Crippen LogP contribution in [0.3, 0.4) is 0 Å². The number of nitrogens with zero attached hydrogens (tertiary/aromatic N) is 4. The third-order valence-electron chi connectivity index (χ3n) is 2.77. The normalized spacial score (nSPS) is 12.7. The first-order valence-corrected chi connectivity index (χ1v) is 6.68. The number of H-pyrrole nitrogens is 1. The topological polar surface area (TPSA) is 88.0 Å². The van der Waals surface area contributed by atoms with Gasteiger partial charge in [0.1, 0.15) is 12.1 Å². The fourth-order valence-electron chi connectivity index (χ4n) is 1.73. The van der Waals surface area contributed by atoms with Gasteiger partial charge < -0.3 is 5.32 Å². The minimum atomic E-state index is -0.287. The van der Waals surface area contributed by atoms with Gasteiger partial charge in [-0.25, -0.2) is 24.3 Å². The largest absolute Gasteiger partial charge is 0.369 e. The maximum atomic E-state index is 11.3. The van der Waals surface area contributed by atoms with Crippen LogP contribution in [-0.2, 0) is 0 Å². The first-order valence-electron chi connectivity index (χ1n) is 5.80. The van der Waals surface area contributed by atoms with Gasteiger partial charge in [-0.1, -0.05) is 6.92 Å². The van der Waals surface area contributed by atoms with E-state index < -0.39 is 0 Å². The number of nitrogens with one attached hydrogen (secondary N) is 2. The molecule has 0 aromatic carbocycles. The van der Waals surface area contributed by atoms with Gasteiger partial charge in [0.15, 0.2) is 5.65 Å². The molecule has 1 unspecified atom stereocenters. The highest BCUT2D eigenvalue weighted by molar-refractivity contribution is 7.09. The van der Waals surface area contributed by atoms with Gasteiger partial charge in [0, 0.05) is 30.1 Å². The standard InChI is InChI=1S/C11H12N6OS/c1-7(10-12-2-3-19-10)5-13-8-4-9-15-16-11(18)17(9)6-14-8/h2-4,6-7,13H,5H2,1H3,(H,16,18). The Labute approximate surface area is 112 Å². The highest BCUT2D eigenvalue weighted by Gasteiger charge is 2.08. The summed E-state index contributed by atoms with van der Waals surface area (Å²) in [7, 11) is 0. The van der Waals surface area contributed by atoms with Crippen molar-refractivity contribution in [2.75, 3.05) is 11.9 Å². The van der Waals surface area contributed by atoms with Crippen molar-refractivity contribution in [2.24, 2.45) is 0 Å². The smallest absolute Gasteiger partial charge is 0.348 e. The number of aromatic nitrogens is 5. The minimum Gasteiger partial charge on any atom is -0.369 e. The first kappa shape index (κ1) is 11.8. The van der Waals surface area contributed by atoms with E-state index >= 15 is 0 Å². The Kier molecular flexibility index (Phi) is 3.00. The van der Waals surface area contributed by atoms with Crippen LogP contribution in [0.15, 0.2) is 28.8 Å². The van der Waals surface area contributed by atoms with Gasteiger partial charge in [0.2, 0.25) is 0 Å². The maximum Gasteiger partial charge on any atom is 0.348 e. The van der Waals surface area contributed by atoms with Gasteiger partial charge in [-0.15, -0.1) is 11.3 Å². The minimum absolute atomic E-state index is 0.287. The van der Waals surface area contributed by atoms with Gasteiger partial charge in [-0.05, 0) is 0 Å². The van der Waals surface area contributed by atoms with Crippen LogP contribution < -0.4 is 11.0 Å². The molecule has 0 fully saturated rings. The SMILES string of the molecule is CC(CNc1cc2n[nH]c(=O)n2cn1)c1nccs1. The Balaban J connectivity index is 1.73. The molecular weight excluding hydrogens is 264 g/mol. The summed E-state index contributed by atoms with van der Waals surface area (Å²) < 4.78 is 1.36. The third-order valence-corrected chi connectivity index (χ3v) is 3.78. The van der Waals surface area contributed by atoms with Gasteiger partial charge in [-0.3, -0.25) is 0 Å². The van der Waals surface area contributed by atoms with E-state index in [4.69, 9.17) is 0 Å². The molecule has 19 heavy (non-hydrogen) atoms. The Hall–Kier alpha value is -2.22. The second-order valence-electron chi connectivity index (χ2n) is 4.18. The van der Waals surface area contributed by atoms with Crippen LogP contribution in [-0.4, -0.2) is 31.1 Å². The number of fused-ring (bicyclic) bond motifs is 1. The molecule has 3 aromatic heterocycles. The average Bonchev–Trinajstić information content (AvgIpc) is 3.06. The molecule has 0 aliphatic rings. The molecule has 0 amide bonds. The first-order chi connectivity index (χ1) is 9.24. The van der Waals surface area contributed by atoms with Crippen LogP contribution in [0.25, 0.3) is 5.65 Å². The lowest BCUT2D eigenvalue weighted by Crippen LogP contribution is -2.13. The predicted octanol–water partition coefficient (Wildman–Crippen LogP) is 1.09. The van der Waals surface area contributed by atoms with Crippen molar-refractivity contribution in [2.45, 2.75) is 12.8 Å². The molecule has 0 aliphatic carbocycles. The molecule has 3 heterocycles. The lowest BCUT2D eigenvalue weighted by Gasteiger charge is -2.10. The van der Waals surface area contributed by atoms with Crippen LogP contribution in [0.5, 0.6) is 0 Å². The molecule has 0 aliphatic heterocycles. The molecule has 0 radical (unpaired) electrons. The van der Waals surface area contributed by atoms with Crippen molar-refractivity contribution in [3.8, 4) is 0 Å². The number of anilines is 1. The molecule has 98 valence electrons. The monoisotopic (exact) mass is 276 g/mol. The number of hydrogen-bond acceptors (Lipinski definition) is 6. The highest BCUT2D eigenvalue weighted by Crippen LogP contribution is 2.18.